The molecule has 1 aromatic heterocycles. The van der Waals surface area contributed by atoms with Crippen molar-refractivity contribution >= 4 is 5.84 Å². The third kappa shape index (κ3) is 3.38. The van der Waals surface area contributed by atoms with Crippen LogP contribution in [-0.4, -0.2) is 22.6 Å². The maximum absolute atomic E-state index is 8.64. The largest absolute Gasteiger partial charge is 0.494 e. The highest BCUT2D eigenvalue weighted by molar-refractivity contribution is 5.97. The number of hydrogen-bond donors (Lipinski definition) is 2. The number of aromatic nitrogens is 1. The van der Waals surface area contributed by atoms with Crippen LogP contribution in [-0.2, 0) is 0 Å². The number of amidine groups is 1. The van der Waals surface area contributed by atoms with E-state index in [1.54, 1.807) is 24.3 Å². The van der Waals surface area contributed by atoms with Crippen molar-refractivity contribution in [3.05, 3.63) is 48.2 Å². The molecule has 104 valence electrons. The fourth-order valence-electron chi connectivity index (χ4n) is 1.57. The highest BCUT2D eigenvalue weighted by Gasteiger charge is 2.04. The summed E-state index contributed by atoms with van der Waals surface area (Å²) in [5.74, 6) is 1.76. The minimum Gasteiger partial charge on any atom is -0.494 e. The van der Waals surface area contributed by atoms with Crippen molar-refractivity contribution in [3.8, 4) is 17.4 Å². The van der Waals surface area contributed by atoms with Crippen LogP contribution in [0.1, 0.15) is 12.5 Å². The van der Waals surface area contributed by atoms with Gasteiger partial charge in [-0.15, -0.1) is 0 Å². The third-order valence-electron chi connectivity index (χ3n) is 2.50. The Kier molecular flexibility index (Phi) is 4.39. The summed E-state index contributed by atoms with van der Waals surface area (Å²) in [7, 11) is 0. The van der Waals surface area contributed by atoms with Crippen LogP contribution in [0, 0.1) is 0 Å². The van der Waals surface area contributed by atoms with Gasteiger partial charge in [0.25, 0.3) is 0 Å². The second-order valence-electron chi connectivity index (χ2n) is 3.87. The number of nitrogens with zero attached hydrogens (tertiary/aromatic N) is 2. The number of nitrogens with two attached hydrogens (primary N) is 1. The molecule has 2 rings (SSSR count). The molecular formula is C14H15N3O3. The summed E-state index contributed by atoms with van der Waals surface area (Å²) in [4.78, 5) is 4.06. The summed E-state index contributed by atoms with van der Waals surface area (Å²) in [5.41, 5.74) is 6.04. The van der Waals surface area contributed by atoms with Gasteiger partial charge in [0.05, 0.1) is 6.61 Å². The summed E-state index contributed by atoms with van der Waals surface area (Å²) in [6, 6.07) is 10.4. The molecule has 0 bridgehead atoms. The topological polar surface area (TPSA) is 90.0 Å². The highest BCUT2D eigenvalue weighted by atomic mass is 16.5. The smallest absolute Gasteiger partial charge is 0.219 e. The zero-order valence-electron chi connectivity index (χ0n) is 11.0. The average Bonchev–Trinajstić information content (AvgIpc) is 2.49. The second kappa shape index (κ2) is 6.42. The Morgan fingerprint density at radius 3 is 2.60 bits per heavy atom. The Bertz CT molecular complexity index is 597. The maximum atomic E-state index is 8.64. The van der Waals surface area contributed by atoms with E-state index >= 15 is 0 Å². The number of ether oxygens (including phenoxy) is 2. The van der Waals surface area contributed by atoms with Gasteiger partial charge in [-0.1, -0.05) is 5.16 Å². The molecule has 0 atom stereocenters. The van der Waals surface area contributed by atoms with E-state index in [0.717, 1.165) is 5.75 Å². The van der Waals surface area contributed by atoms with Crippen LogP contribution in [0.3, 0.4) is 0 Å². The molecule has 20 heavy (non-hydrogen) atoms. The van der Waals surface area contributed by atoms with Crippen molar-refractivity contribution in [2.45, 2.75) is 6.92 Å². The summed E-state index contributed by atoms with van der Waals surface area (Å²) in [6.45, 7) is 2.54. The molecular weight excluding hydrogens is 258 g/mol. The van der Waals surface area contributed by atoms with Gasteiger partial charge in [0.15, 0.2) is 5.84 Å². The normalized spacial score (nSPS) is 11.2. The van der Waals surface area contributed by atoms with Gasteiger partial charge < -0.3 is 20.4 Å². The maximum Gasteiger partial charge on any atom is 0.219 e. The summed E-state index contributed by atoms with van der Waals surface area (Å²) < 4.78 is 10.9. The van der Waals surface area contributed by atoms with E-state index in [2.05, 4.69) is 10.1 Å². The molecule has 0 saturated heterocycles. The van der Waals surface area contributed by atoms with Gasteiger partial charge in [-0.25, -0.2) is 4.98 Å². The van der Waals surface area contributed by atoms with Crippen LogP contribution in [0.15, 0.2) is 47.8 Å². The van der Waals surface area contributed by atoms with Gasteiger partial charge >= 0.3 is 0 Å². The van der Waals surface area contributed by atoms with Crippen molar-refractivity contribution in [3.63, 3.8) is 0 Å². The van der Waals surface area contributed by atoms with Crippen molar-refractivity contribution in [1.29, 1.82) is 0 Å². The zero-order valence-corrected chi connectivity index (χ0v) is 11.0. The molecule has 2 aromatic rings. The first-order chi connectivity index (χ1) is 9.72. The van der Waals surface area contributed by atoms with Gasteiger partial charge in [0, 0.05) is 17.8 Å². The van der Waals surface area contributed by atoms with E-state index in [1.807, 2.05) is 19.1 Å². The van der Waals surface area contributed by atoms with Crippen LogP contribution in [0.5, 0.6) is 17.4 Å². The van der Waals surface area contributed by atoms with E-state index in [9.17, 15) is 0 Å². The van der Waals surface area contributed by atoms with E-state index in [4.69, 9.17) is 20.4 Å². The van der Waals surface area contributed by atoms with E-state index in [1.165, 1.54) is 6.20 Å². The van der Waals surface area contributed by atoms with Crippen molar-refractivity contribution in [2.24, 2.45) is 10.9 Å². The van der Waals surface area contributed by atoms with Gasteiger partial charge in [-0.3, -0.25) is 0 Å². The fraction of sp³-hybridized carbons (Fsp3) is 0.143. The Labute approximate surface area is 116 Å². The van der Waals surface area contributed by atoms with Gasteiger partial charge in [0.2, 0.25) is 5.88 Å². The number of hydrogen-bond acceptors (Lipinski definition) is 5. The van der Waals surface area contributed by atoms with Crippen LogP contribution < -0.4 is 15.2 Å². The summed E-state index contributed by atoms with van der Waals surface area (Å²) in [5, 5.41) is 11.6. The zero-order chi connectivity index (χ0) is 14.4. The molecule has 1 heterocycles. The predicted molar refractivity (Wildman–Crippen MR) is 74.4 cm³/mol. The highest BCUT2D eigenvalue weighted by Crippen LogP contribution is 2.22. The minimum atomic E-state index is 0.00365. The van der Waals surface area contributed by atoms with Crippen molar-refractivity contribution in [2.75, 3.05) is 6.61 Å². The lowest BCUT2D eigenvalue weighted by molar-refractivity contribution is 0.318. The second-order valence-corrected chi connectivity index (χ2v) is 3.87. The first kappa shape index (κ1) is 13.7. The van der Waals surface area contributed by atoms with Crippen molar-refractivity contribution in [1.82, 2.24) is 4.98 Å². The lowest BCUT2D eigenvalue weighted by Gasteiger charge is -2.07. The monoisotopic (exact) mass is 273 g/mol. The molecule has 0 aliphatic heterocycles. The van der Waals surface area contributed by atoms with E-state index in [0.29, 0.717) is 23.8 Å². The molecule has 0 amide bonds. The molecule has 0 aliphatic rings. The molecule has 6 nitrogen and oxygen atoms in total. The lowest BCUT2D eigenvalue weighted by Crippen LogP contribution is -2.13. The van der Waals surface area contributed by atoms with Gasteiger partial charge in [-0.2, -0.15) is 0 Å². The number of oxime groups is 1. The molecule has 0 aliphatic carbocycles. The standard InChI is InChI=1S/C14H15N3O3/c1-2-19-11-3-5-12(6-4-11)20-13-9-10(7-8-16-13)14(15)17-18/h3-9,18H,2H2,1H3,(H2,15,17). The molecule has 0 fully saturated rings. The minimum absolute atomic E-state index is 0.00365. The number of benzene rings is 1. The molecule has 0 spiro atoms. The molecule has 0 radical (unpaired) electrons. The van der Waals surface area contributed by atoms with Crippen LogP contribution in [0.2, 0.25) is 0 Å². The summed E-state index contributed by atoms with van der Waals surface area (Å²) >= 11 is 0. The van der Waals surface area contributed by atoms with Gasteiger partial charge in [0.1, 0.15) is 11.5 Å². The van der Waals surface area contributed by atoms with Crippen LogP contribution in [0.25, 0.3) is 0 Å². The number of pyridine rings is 1. The van der Waals surface area contributed by atoms with Gasteiger partial charge in [-0.05, 0) is 37.3 Å². The quantitative estimate of drug-likeness (QED) is 0.378. The molecule has 0 saturated carbocycles. The average molecular weight is 273 g/mol. The Hall–Kier alpha value is -2.76. The van der Waals surface area contributed by atoms with Crippen LogP contribution >= 0.6 is 0 Å². The van der Waals surface area contributed by atoms with E-state index < -0.39 is 0 Å². The molecule has 6 heteroatoms. The van der Waals surface area contributed by atoms with E-state index in [-0.39, 0.29) is 5.84 Å². The SMILES string of the molecule is CCOc1ccc(Oc2cc(/C(N)=N/O)ccn2)cc1. The Morgan fingerprint density at radius 1 is 1.25 bits per heavy atom. The summed E-state index contributed by atoms with van der Waals surface area (Å²) in [6.07, 6.45) is 1.53. The molecule has 0 unspecified atom stereocenters. The predicted octanol–water partition coefficient (Wildman–Crippen LogP) is 2.37. The Balaban J connectivity index is 2.13. The Morgan fingerprint density at radius 2 is 1.95 bits per heavy atom. The fourth-order valence-corrected chi connectivity index (χ4v) is 1.57. The van der Waals surface area contributed by atoms with Crippen LogP contribution in [0.4, 0.5) is 0 Å². The first-order valence-electron chi connectivity index (χ1n) is 6.07. The lowest BCUT2D eigenvalue weighted by atomic mass is 10.2. The number of rotatable bonds is 5. The third-order valence-corrected chi connectivity index (χ3v) is 2.50. The van der Waals surface area contributed by atoms with Crippen molar-refractivity contribution < 1.29 is 14.7 Å². The molecule has 1 aromatic carbocycles. The molecule has 3 N–H and O–H groups in total. The first-order valence-corrected chi connectivity index (χ1v) is 6.07.